The molecule has 0 spiro atoms. The van der Waals surface area contributed by atoms with E-state index in [1.54, 1.807) is 24.3 Å². The predicted octanol–water partition coefficient (Wildman–Crippen LogP) is 4.23. The van der Waals surface area contributed by atoms with Gasteiger partial charge in [0.05, 0.1) is 11.4 Å². The van der Waals surface area contributed by atoms with Crippen LogP contribution in [-0.2, 0) is 0 Å². The van der Waals surface area contributed by atoms with E-state index in [4.69, 9.17) is 17.3 Å². The molecule has 0 aromatic heterocycles. The Kier molecular flexibility index (Phi) is 3.72. The van der Waals surface area contributed by atoms with E-state index in [1.807, 2.05) is 13.0 Å². The molecule has 0 radical (unpaired) electrons. The molecule has 94 valence electrons. The maximum atomic E-state index is 12.8. The van der Waals surface area contributed by atoms with Crippen LogP contribution in [0.1, 0.15) is 18.5 Å². The average molecular weight is 265 g/mol. The second-order valence-electron chi connectivity index (χ2n) is 4.15. The van der Waals surface area contributed by atoms with Crippen molar-refractivity contribution < 1.29 is 4.39 Å². The second-order valence-corrected chi connectivity index (χ2v) is 4.59. The Bertz CT molecular complexity index is 540. The summed E-state index contributed by atoms with van der Waals surface area (Å²) in [4.78, 5) is 0. The summed E-state index contributed by atoms with van der Waals surface area (Å²) in [7, 11) is 0. The lowest BCUT2D eigenvalue weighted by molar-refractivity contribution is 0.626. The standard InChI is InChI=1S/C14H14ClFN2/c1-9(10-2-5-12(16)6-3-10)18-14-7-4-11(15)8-13(14)17/h2-9,18H,17H2,1H3. The molecule has 0 heterocycles. The summed E-state index contributed by atoms with van der Waals surface area (Å²) in [6.45, 7) is 1.99. The number of anilines is 2. The lowest BCUT2D eigenvalue weighted by Gasteiger charge is -2.17. The summed E-state index contributed by atoms with van der Waals surface area (Å²) in [5, 5.41) is 3.87. The van der Waals surface area contributed by atoms with E-state index in [2.05, 4.69) is 5.32 Å². The van der Waals surface area contributed by atoms with E-state index in [0.29, 0.717) is 10.7 Å². The van der Waals surface area contributed by atoms with Gasteiger partial charge in [-0.05, 0) is 42.8 Å². The maximum Gasteiger partial charge on any atom is 0.123 e. The van der Waals surface area contributed by atoms with Gasteiger partial charge in [0.1, 0.15) is 5.82 Å². The highest BCUT2D eigenvalue weighted by Crippen LogP contribution is 2.26. The SMILES string of the molecule is CC(Nc1ccc(Cl)cc1N)c1ccc(F)cc1. The third-order valence-corrected chi connectivity index (χ3v) is 2.99. The number of rotatable bonds is 3. The van der Waals surface area contributed by atoms with Crippen molar-refractivity contribution in [3.05, 3.63) is 58.9 Å². The van der Waals surface area contributed by atoms with Crippen molar-refractivity contribution in [3.8, 4) is 0 Å². The van der Waals surface area contributed by atoms with Gasteiger partial charge in [-0.25, -0.2) is 4.39 Å². The first-order valence-corrected chi connectivity index (χ1v) is 6.01. The minimum absolute atomic E-state index is 0.0362. The first-order valence-electron chi connectivity index (χ1n) is 5.63. The Labute approximate surface area is 111 Å². The van der Waals surface area contributed by atoms with Gasteiger partial charge in [-0.1, -0.05) is 23.7 Å². The van der Waals surface area contributed by atoms with Crippen LogP contribution < -0.4 is 11.1 Å². The molecule has 0 bridgehead atoms. The molecule has 2 rings (SSSR count). The van der Waals surface area contributed by atoms with E-state index in [-0.39, 0.29) is 11.9 Å². The van der Waals surface area contributed by atoms with E-state index >= 15 is 0 Å². The number of benzene rings is 2. The molecule has 2 aromatic carbocycles. The summed E-state index contributed by atoms with van der Waals surface area (Å²) in [5.74, 6) is -0.239. The third kappa shape index (κ3) is 2.93. The van der Waals surface area contributed by atoms with Gasteiger partial charge in [0.2, 0.25) is 0 Å². The van der Waals surface area contributed by atoms with Crippen molar-refractivity contribution in [1.82, 2.24) is 0 Å². The molecular weight excluding hydrogens is 251 g/mol. The predicted molar refractivity (Wildman–Crippen MR) is 74.3 cm³/mol. The zero-order chi connectivity index (χ0) is 13.1. The number of nitrogens with two attached hydrogens (primary N) is 1. The molecule has 2 aromatic rings. The Balaban J connectivity index is 2.15. The number of hydrogen-bond acceptors (Lipinski definition) is 2. The molecule has 2 nitrogen and oxygen atoms in total. The lowest BCUT2D eigenvalue weighted by atomic mass is 10.1. The van der Waals surface area contributed by atoms with Gasteiger partial charge in [-0.15, -0.1) is 0 Å². The molecule has 1 unspecified atom stereocenters. The molecule has 3 N–H and O–H groups in total. The Hall–Kier alpha value is -1.74. The Morgan fingerprint density at radius 1 is 1.17 bits per heavy atom. The van der Waals surface area contributed by atoms with E-state index in [1.165, 1.54) is 12.1 Å². The number of nitrogen functional groups attached to an aromatic ring is 1. The third-order valence-electron chi connectivity index (χ3n) is 2.76. The summed E-state index contributed by atoms with van der Waals surface area (Å²) in [6.07, 6.45) is 0. The summed E-state index contributed by atoms with van der Waals surface area (Å²) in [6, 6.07) is 11.7. The quantitative estimate of drug-likeness (QED) is 0.814. The number of hydrogen-bond donors (Lipinski definition) is 2. The molecule has 0 fully saturated rings. The van der Waals surface area contributed by atoms with Crippen molar-refractivity contribution in [1.29, 1.82) is 0 Å². The van der Waals surface area contributed by atoms with Crippen molar-refractivity contribution in [2.75, 3.05) is 11.1 Å². The maximum absolute atomic E-state index is 12.8. The fraction of sp³-hybridized carbons (Fsp3) is 0.143. The second kappa shape index (κ2) is 5.27. The van der Waals surface area contributed by atoms with Crippen LogP contribution in [0.5, 0.6) is 0 Å². The molecule has 0 amide bonds. The van der Waals surface area contributed by atoms with Gasteiger partial charge in [0.15, 0.2) is 0 Å². The molecule has 0 saturated heterocycles. The fourth-order valence-corrected chi connectivity index (χ4v) is 1.91. The summed E-state index contributed by atoms with van der Waals surface area (Å²) in [5.41, 5.74) is 8.27. The van der Waals surface area contributed by atoms with Gasteiger partial charge >= 0.3 is 0 Å². The van der Waals surface area contributed by atoms with E-state index in [9.17, 15) is 4.39 Å². The molecule has 4 heteroatoms. The lowest BCUT2D eigenvalue weighted by Crippen LogP contribution is -2.08. The highest BCUT2D eigenvalue weighted by atomic mass is 35.5. The molecule has 0 aliphatic carbocycles. The highest BCUT2D eigenvalue weighted by Gasteiger charge is 2.07. The van der Waals surface area contributed by atoms with Crippen LogP contribution in [0, 0.1) is 5.82 Å². The van der Waals surface area contributed by atoms with Crippen LogP contribution in [-0.4, -0.2) is 0 Å². The summed E-state index contributed by atoms with van der Waals surface area (Å²) < 4.78 is 12.8. The Morgan fingerprint density at radius 2 is 1.83 bits per heavy atom. The number of nitrogens with one attached hydrogen (secondary N) is 1. The van der Waals surface area contributed by atoms with Crippen LogP contribution >= 0.6 is 11.6 Å². The summed E-state index contributed by atoms with van der Waals surface area (Å²) >= 11 is 5.84. The first kappa shape index (κ1) is 12.7. The molecule has 0 saturated carbocycles. The van der Waals surface area contributed by atoms with Crippen molar-refractivity contribution in [2.24, 2.45) is 0 Å². The number of halogens is 2. The first-order chi connectivity index (χ1) is 8.56. The molecule has 0 aliphatic rings. The van der Waals surface area contributed by atoms with Crippen LogP contribution in [0.4, 0.5) is 15.8 Å². The molecule has 0 aliphatic heterocycles. The zero-order valence-corrected chi connectivity index (χ0v) is 10.7. The van der Waals surface area contributed by atoms with E-state index < -0.39 is 0 Å². The van der Waals surface area contributed by atoms with Crippen LogP contribution in [0.3, 0.4) is 0 Å². The minimum atomic E-state index is -0.239. The monoisotopic (exact) mass is 264 g/mol. The van der Waals surface area contributed by atoms with Gasteiger partial charge in [-0.3, -0.25) is 0 Å². The van der Waals surface area contributed by atoms with Gasteiger partial charge in [0.25, 0.3) is 0 Å². The van der Waals surface area contributed by atoms with Crippen LogP contribution in [0.25, 0.3) is 0 Å². The molecule has 1 atom stereocenters. The normalized spacial score (nSPS) is 12.2. The Morgan fingerprint density at radius 3 is 2.44 bits per heavy atom. The van der Waals surface area contributed by atoms with Gasteiger partial charge in [0, 0.05) is 11.1 Å². The van der Waals surface area contributed by atoms with Gasteiger partial charge < -0.3 is 11.1 Å². The largest absolute Gasteiger partial charge is 0.397 e. The molecular formula is C14H14ClFN2. The average Bonchev–Trinajstić information content (AvgIpc) is 2.33. The fourth-order valence-electron chi connectivity index (χ4n) is 1.73. The smallest absolute Gasteiger partial charge is 0.123 e. The topological polar surface area (TPSA) is 38.0 Å². The zero-order valence-electron chi connectivity index (χ0n) is 9.95. The molecule has 18 heavy (non-hydrogen) atoms. The highest BCUT2D eigenvalue weighted by molar-refractivity contribution is 6.31. The van der Waals surface area contributed by atoms with Crippen LogP contribution in [0.15, 0.2) is 42.5 Å². The van der Waals surface area contributed by atoms with Crippen molar-refractivity contribution >= 4 is 23.0 Å². The van der Waals surface area contributed by atoms with E-state index in [0.717, 1.165) is 11.3 Å². The van der Waals surface area contributed by atoms with Crippen LogP contribution in [0.2, 0.25) is 5.02 Å². The minimum Gasteiger partial charge on any atom is -0.397 e. The van der Waals surface area contributed by atoms with Crippen molar-refractivity contribution in [3.63, 3.8) is 0 Å². The van der Waals surface area contributed by atoms with Gasteiger partial charge in [-0.2, -0.15) is 0 Å². The van der Waals surface area contributed by atoms with Crippen molar-refractivity contribution in [2.45, 2.75) is 13.0 Å².